The molecule has 5 N–H and O–H groups in total. The molecule has 0 aliphatic heterocycles. The number of nitrogens with two attached hydrogens (primary N) is 1. The van der Waals surface area contributed by atoms with E-state index in [-0.39, 0.29) is 5.75 Å². The normalized spacial score (nSPS) is 10.2. The third-order valence-electron chi connectivity index (χ3n) is 3.08. The van der Waals surface area contributed by atoms with Gasteiger partial charge in [0.05, 0.1) is 12.8 Å². The van der Waals surface area contributed by atoms with E-state index in [1.807, 2.05) is 19.2 Å². The molecule has 0 aromatic heterocycles. The summed E-state index contributed by atoms with van der Waals surface area (Å²) in [6, 6.07) is 11.5. The average molecular weight is 305 g/mol. The van der Waals surface area contributed by atoms with E-state index >= 15 is 0 Å². The Morgan fingerprint density at radius 2 is 2.10 bits per heavy atom. The Kier molecular flexibility index (Phi) is 5.19. The van der Waals surface area contributed by atoms with Crippen LogP contribution in [-0.2, 0) is 5.75 Å². The first kappa shape index (κ1) is 15.3. The molecule has 0 unspecified atom stereocenters. The summed E-state index contributed by atoms with van der Waals surface area (Å²) in [6.45, 7) is 0. The van der Waals surface area contributed by atoms with Gasteiger partial charge < -0.3 is 20.6 Å². The van der Waals surface area contributed by atoms with E-state index < -0.39 is 0 Å². The van der Waals surface area contributed by atoms with Crippen LogP contribution in [0.3, 0.4) is 0 Å². The van der Waals surface area contributed by atoms with E-state index in [2.05, 4.69) is 22.9 Å². The Hall–Kier alpha value is -2.05. The first-order valence-electron chi connectivity index (χ1n) is 6.45. The molecule has 0 heterocycles. The van der Waals surface area contributed by atoms with Crippen molar-refractivity contribution in [2.75, 3.05) is 24.9 Å². The SMILES string of the molecule is CNc1cccc(SCc2cc(OC)c(O)cc2NN)c1. The fourth-order valence-corrected chi connectivity index (χ4v) is 2.88. The molecular formula is C15H19N3O2S. The molecule has 0 atom stereocenters. The van der Waals surface area contributed by atoms with Gasteiger partial charge in [0.2, 0.25) is 0 Å². The standard InChI is InChI=1S/C15H19N3O2S/c1-17-11-4-3-5-12(7-11)21-9-10-6-15(20-2)14(19)8-13(10)18-16/h3-8,17-19H,9,16H2,1-2H3. The third-order valence-corrected chi connectivity index (χ3v) is 4.12. The number of rotatable bonds is 6. The molecule has 2 aromatic rings. The van der Waals surface area contributed by atoms with Crippen LogP contribution in [-0.4, -0.2) is 19.3 Å². The van der Waals surface area contributed by atoms with Gasteiger partial charge in [0.25, 0.3) is 0 Å². The first-order valence-corrected chi connectivity index (χ1v) is 7.43. The molecule has 5 nitrogen and oxygen atoms in total. The van der Waals surface area contributed by atoms with Gasteiger partial charge in [-0.2, -0.15) is 0 Å². The van der Waals surface area contributed by atoms with Crippen LogP contribution in [0.15, 0.2) is 41.3 Å². The van der Waals surface area contributed by atoms with Crippen LogP contribution in [0.5, 0.6) is 11.5 Å². The molecule has 0 saturated carbocycles. The highest BCUT2D eigenvalue weighted by atomic mass is 32.2. The molecule has 0 fully saturated rings. The van der Waals surface area contributed by atoms with Crippen molar-refractivity contribution in [1.82, 2.24) is 0 Å². The molecule has 112 valence electrons. The number of phenols is 1. The lowest BCUT2D eigenvalue weighted by Gasteiger charge is -2.12. The van der Waals surface area contributed by atoms with Crippen molar-refractivity contribution >= 4 is 23.1 Å². The highest BCUT2D eigenvalue weighted by molar-refractivity contribution is 7.98. The first-order chi connectivity index (χ1) is 10.2. The summed E-state index contributed by atoms with van der Waals surface area (Å²) in [6.07, 6.45) is 0. The number of hydrogen-bond donors (Lipinski definition) is 4. The number of hydrazine groups is 1. The zero-order chi connectivity index (χ0) is 15.2. The molecule has 0 aliphatic carbocycles. The van der Waals surface area contributed by atoms with Crippen molar-refractivity contribution in [3.63, 3.8) is 0 Å². The molecule has 0 amide bonds. The number of nitrogen functional groups attached to an aromatic ring is 1. The summed E-state index contributed by atoms with van der Waals surface area (Å²) < 4.78 is 5.14. The van der Waals surface area contributed by atoms with Crippen molar-refractivity contribution in [1.29, 1.82) is 0 Å². The molecule has 2 rings (SSSR count). The lowest BCUT2D eigenvalue weighted by Crippen LogP contribution is -2.09. The second kappa shape index (κ2) is 7.10. The van der Waals surface area contributed by atoms with Crippen molar-refractivity contribution in [3.05, 3.63) is 42.0 Å². The van der Waals surface area contributed by atoms with E-state index in [0.717, 1.165) is 16.1 Å². The Balaban J connectivity index is 2.18. The minimum Gasteiger partial charge on any atom is -0.504 e. The number of ether oxygens (including phenoxy) is 1. The minimum atomic E-state index is 0.0661. The molecular weight excluding hydrogens is 286 g/mol. The quantitative estimate of drug-likeness (QED) is 0.373. The Morgan fingerprint density at radius 1 is 1.29 bits per heavy atom. The number of aromatic hydroxyl groups is 1. The maximum atomic E-state index is 9.76. The molecule has 2 aromatic carbocycles. The molecule has 0 bridgehead atoms. The monoisotopic (exact) mass is 305 g/mol. The summed E-state index contributed by atoms with van der Waals surface area (Å²) in [4.78, 5) is 1.15. The van der Waals surface area contributed by atoms with Crippen molar-refractivity contribution in [2.24, 2.45) is 5.84 Å². The van der Waals surface area contributed by atoms with Gasteiger partial charge in [-0.25, -0.2) is 0 Å². The Labute approximate surface area is 128 Å². The highest BCUT2D eigenvalue weighted by Gasteiger charge is 2.09. The summed E-state index contributed by atoms with van der Waals surface area (Å²) >= 11 is 1.68. The highest BCUT2D eigenvalue weighted by Crippen LogP contribution is 2.35. The zero-order valence-corrected chi connectivity index (χ0v) is 12.8. The van der Waals surface area contributed by atoms with Gasteiger partial charge in [-0.15, -0.1) is 11.8 Å². The molecule has 0 aliphatic rings. The van der Waals surface area contributed by atoms with Gasteiger partial charge in [0, 0.05) is 29.4 Å². The Morgan fingerprint density at radius 3 is 2.76 bits per heavy atom. The number of thioether (sulfide) groups is 1. The lowest BCUT2D eigenvalue weighted by atomic mass is 10.2. The van der Waals surface area contributed by atoms with Gasteiger partial charge in [0.15, 0.2) is 11.5 Å². The summed E-state index contributed by atoms with van der Waals surface area (Å²) in [5, 5.41) is 12.9. The van der Waals surface area contributed by atoms with Crippen LogP contribution < -0.4 is 21.3 Å². The Bertz CT molecular complexity index is 620. The van der Waals surface area contributed by atoms with Gasteiger partial charge in [-0.3, -0.25) is 5.84 Å². The maximum absolute atomic E-state index is 9.76. The largest absolute Gasteiger partial charge is 0.504 e. The second-order valence-corrected chi connectivity index (χ2v) is 5.44. The maximum Gasteiger partial charge on any atom is 0.160 e. The van der Waals surface area contributed by atoms with Crippen molar-refractivity contribution in [2.45, 2.75) is 10.6 Å². The van der Waals surface area contributed by atoms with Gasteiger partial charge in [0.1, 0.15) is 0 Å². The summed E-state index contributed by atoms with van der Waals surface area (Å²) in [5.41, 5.74) is 5.33. The minimum absolute atomic E-state index is 0.0661. The average Bonchev–Trinajstić information content (AvgIpc) is 2.53. The number of anilines is 2. The van der Waals surface area contributed by atoms with E-state index in [4.69, 9.17) is 10.6 Å². The van der Waals surface area contributed by atoms with Crippen molar-refractivity contribution < 1.29 is 9.84 Å². The van der Waals surface area contributed by atoms with Crippen LogP contribution in [0.1, 0.15) is 5.56 Å². The van der Waals surface area contributed by atoms with Crippen LogP contribution >= 0.6 is 11.8 Å². The molecule has 0 radical (unpaired) electrons. The fraction of sp³-hybridized carbons (Fsp3) is 0.200. The number of nitrogens with one attached hydrogen (secondary N) is 2. The van der Waals surface area contributed by atoms with Crippen LogP contribution in [0, 0.1) is 0 Å². The van der Waals surface area contributed by atoms with Gasteiger partial charge in [-0.1, -0.05) is 6.07 Å². The number of phenolic OH excluding ortho intramolecular Hbond substituents is 1. The van der Waals surface area contributed by atoms with E-state index in [1.165, 1.54) is 7.11 Å². The van der Waals surface area contributed by atoms with Gasteiger partial charge in [-0.05, 0) is 29.8 Å². The molecule has 0 spiro atoms. The van der Waals surface area contributed by atoms with Crippen LogP contribution in [0.2, 0.25) is 0 Å². The van der Waals surface area contributed by atoms with Crippen LogP contribution in [0.25, 0.3) is 0 Å². The number of hydrogen-bond acceptors (Lipinski definition) is 6. The van der Waals surface area contributed by atoms with Gasteiger partial charge >= 0.3 is 0 Å². The van der Waals surface area contributed by atoms with E-state index in [0.29, 0.717) is 17.2 Å². The number of methoxy groups -OCH3 is 1. The third kappa shape index (κ3) is 3.74. The van der Waals surface area contributed by atoms with Crippen molar-refractivity contribution in [3.8, 4) is 11.5 Å². The number of benzene rings is 2. The zero-order valence-electron chi connectivity index (χ0n) is 12.0. The molecule has 6 heteroatoms. The fourth-order valence-electron chi connectivity index (χ4n) is 1.93. The lowest BCUT2D eigenvalue weighted by molar-refractivity contribution is 0.373. The summed E-state index contributed by atoms with van der Waals surface area (Å²) in [5.74, 6) is 6.72. The predicted octanol–water partition coefficient (Wildman–Crippen LogP) is 3.02. The van der Waals surface area contributed by atoms with E-state index in [9.17, 15) is 5.11 Å². The molecule has 21 heavy (non-hydrogen) atoms. The predicted molar refractivity (Wildman–Crippen MR) is 88.0 cm³/mol. The smallest absolute Gasteiger partial charge is 0.160 e. The van der Waals surface area contributed by atoms with Crippen LogP contribution in [0.4, 0.5) is 11.4 Å². The summed E-state index contributed by atoms with van der Waals surface area (Å²) in [7, 11) is 3.42. The van der Waals surface area contributed by atoms with E-state index in [1.54, 1.807) is 23.9 Å². The second-order valence-electron chi connectivity index (χ2n) is 4.39. The topological polar surface area (TPSA) is 79.5 Å². The molecule has 0 saturated heterocycles.